The molecule has 0 unspecified atom stereocenters. The largest absolute Gasteiger partial charge is 0.496 e. The summed E-state index contributed by atoms with van der Waals surface area (Å²) in [6.45, 7) is 13.9. The summed E-state index contributed by atoms with van der Waals surface area (Å²) < 4.78 is 18.4. The topological polar surface area (TPSA) is 27.7 Å². The van der Waals surface area contributed by atoms with Gasteiger partial charge in [0.05, 0.1) is 19.0 Å². The van der Waals surface area contributed by atoms with Crippen LogP contribution in [0.3, 0.4) is 0 Å². The van der Waals surface area contributed by atoms with Crippen molar-refractivity contribution in [1.82, 2.24) is 0 Å². The third-order valence-corrected chi connectivity index (χ3v) is 9.34. The molecule has 3 atom stereocenters. The molecule has 1 aromatic carbocycles. The van der Waals surface area contributed by atoms with Gasteiger partial charge < -0.3 is 13.9 Å². The van der Waals surface area contributed by atoms with Gasteiger partial charge in [0.1, 0.15) is 12.2 Å². The van der Waals surface area contributed by atoms with E-state index < -0.39 is 8.32 Å². The molecular weight excluding hydrogens is 304 g/mol. The third kappa shape index (κ3) is 4.69. The highest BCUT2D eigenvalue weighted by atomic mass is 28.4. The summed E-state index contributed by atoms with van der Waals surface area (Å²) in [5.41, 5.74) is 1.17. The lowest BCUT2D eigenvalue weighted by Crippen LogP contribution is -2.50. The van der Waals surface area contributed by atoms with Crippen LogP contribution in [0.25, 0.3) is 0 Å². The molecule has 1 heterocycles. The van der Waals surface area contributed by atoms with E-state index in [1.54, 1.807) is 6.26 Å². The highest BCUT2D eigenvalue weighted by Crippen LogP contribution is 2.38. The monoisotopic (exact) mass is 334 g/mol. The van der Waals surface area contributed by atoms with E-state index in [0.29, 0.717) is 6.61 Å². The van der Waals surface area contributed by atoms with E-state index in [0.717, 1.165) is 0 Å². The molecule has 0 spiro atoms. The maximum Gasteiger partial charge on any atom is 0.193 e. The van der Waals surface area contributed by atoms with Crippen molar-refractivity contribution < 1.29 is 13.9 Å². The maximum atomic E-state index is 6.56. The Bertz CT molecular complexity index is 519. The predicted octanol–water partition coefficient (Wildman–Crippen LogP) is 4.89. The molecule has 4 heteroatoms. The van der Waals surface area contributed by atoms with Crippen LogP contribution in [0, 0.1) is 0 Å². The molecule has 0 radical (unpaired) electrons. The molecule has 1 aliphatic heterocycles. The molecule has 3 nitrogen and oxygen atoms in total. The van der Waals surface area contributed by atoms with Gasteiger partial charge in [-0.25, -0.2) is 0 Å². The van der Waals surface area contributed by atoms with E-state index in [9.17, 15) is 0 Å². The zero-order chi connectivity index (χ0) is 17.1. The zero-order valence-corrected chi connectivity index (χ0v) is 16.2. The Kier molecular flexibility index (Phi) is 5.71. The minimum atomic E-state index is -1.86. The zero-order valence-electron chi connectivity index (χ0n) is 15.2. The van der Waals surface area contributed by atoms with E-state index in [4.69, 9.17) is 13.9 Å². The highest BCUT2D eigenvalue weighted by molar-refractivity contribution is 6.74. The number of rotatable bonds is 5. The fourth-order valence-electron chi connectivity index (χ4n) is 2.32. The van der Waals surface area contributed by atoms with Crippen molar-refractivity contribution in [2.75, 3.05) is 0 Å². The van der Waals surface area contributed by atoms with Crippen molar-refractivity contribution in [3.63, 3.8) is 0 Å². The van der Waals surface area contributed by atoms with Gasteiger partial charge in [-0.1, -0.05) is 51.1 Å². The van der Waals surface area contributed by atoms with Crippen molar-refractivity contribution in [2.45, 2.75) is 70.7 Å². The Labute approximate surface area is 141 Å². The summed E-state index contributed by atoms with van der Waals surface area (Å²) in [6.07, 6.45) is 3.59. The van der Waals surface area contributed by atoms with E-state index in [1.165, 1.54) is 5.56 Å². The summed E-state index contributed by atoms with van der Waals surface area (Å²) in [7, 11) is -1.86. The smallest absolute Gasteiger partial charge is 0.193 e. The molecule has 128 valence electrons. The average molecular weight is 335 g/mol. The summed E-state index contributed by atoms with van der Waals surface area (Å²) in [5.74, 6) is 0. The lowest BCUT2D eigenvalue weighted by molar-refractivity contribution is -0.0977. The molecule has 1 aliphatic rings. The maximum absolute atomic E-state index is 6.56. The predicted molar refractivity (Wildman–Crippen MR) is 96.8 cm³/mol. The molecular formula is C19H30O3Si. The third-order valence-electron chi connectivity index (χ3n) is 4.87. The number of hydrogen-bond acceptors (Lipinski definition) is 3. The van der Waals surface area contributed by atoms with Crippen LogP contribution in [0.5, 0.6) is 0 Å². The van der Waals surface area contributed by atoms with E-state index in [1.807, 2.05) is 31.2 Å². The van der Waals surface area contributed by atoms with Crippen molar-refractivity contribution >= 4 is 8.32 Å². The van der Waals surface area contributed by atoms with Crippen LogP contribution in [0.4, 0.5) is 0 Å². The lowest BCUT2D eigenvalue weighted by Gasteiger charge is -2.42. The molecule has 2 rings (SSSR count). The van der Waals surface area contributed by atoms with Crippen molar-refractivity contribution in [3.05, 3.63) is 48.2 Å². The second kappa shape index (κ2) is 7.20. The van der Waals surface area contributed by atoms with Crippen LogP contribution in [-0.4, -0.2) is 26.6 Å². The van der Waals surface area contributed by atoms with Gasteiger partial charge in [0, 0.05) is 0 Å². The molecule has 0 aliphatic carbocycles. The first-order valence-electron chi connectivity index (χ1n) is 8.36. The molecule has 23 heavy (non-hydrogen) atoms. The molecule has 0 saturated heterocycles. The van der Waals surface area contributed by atoms with Crippen LogP contribution >= 0.6 is 0 Å². The number of hydrogen-bond donors (Lipinski definition) is 0. The highest BCUT2D eigenvalue weighted by Gasteiger charge is 2.42. The van der Waals surface area contributed by atoms with E-state index >= 15 is 0 Å². The SMILES string of the molecule is C[C@@H]1OC=C[C@H](O[Si](C)(C)C(C)(C)C)[C@H]1OCc1ccccc1. The molecule has 0 bridgehead atoms. The Morgan fingerprint density at radius 2 is 1.78 bits per heavy atom. The summed E-state index contributed by atoms with van der Waals surface area (Å²) in [6, 6.07) is 10.2. The quantitative estimate of drug-likeness (QED) is 0.717. The molecule has 0 saturated carbocycles. The second-order valence-corrected chi connectivity index (χ2v) is 12.5. The van der Waals surface area contributed by atoms with Crippen LogP contribution in [0.15, 0.2) is 42.7 Å². The van der Waals surface area contributed by atoms with Gasteiger partial charge in [-0.05, 0) is 36.7 Å². The average Bonchev–Trinajstić information content (AvgIpc) is 2.46. The Morgan fingerprint density at radius 3 is 2.39 bits per heavy atom. The number of benzene rings is 1. The normalized spacial score (nSPS) is 25.2. The van der Waals surface area contributed by atoms with Gasteiger partial charge in [-0.3, -0.25) is 0 Å². The van der Waals surface area contributed by atoms with Crippen LogP contribution in [0.2, 0.25) is 18.1 Å². The van der Waals surface area contributed by atoms with Crippen LogP contribution < -0.4 is 0 Å². The van der Waals surface area contributed by atoms with Crippen molar-refractivity contribution in [3.8, 4) is 0 Å². The van der Waals surface area contributed by atoms with Gasteiger partial charge >= 0.3 is 0 Å². The van der Waals surface area contributed by atoms with E-state index in [-0.39, 0.29) is 23.4 Å². The minimum Gasteiger partial charge on any atom is -0.496 e. The van der Waals surface area contributed by atoms with Crippen LogP contribution in [0.1, 0.15) is 33.3 Å². The van der Waals surface area contributed by atoms with Gasteiger partial charge in [0.25, 0.3) is 0 Å². The molecule has 0 aromatic heterocycles. The Morgan fingerprint density at radius 1 is 1.13 bits per heavy atom. The van der Waals surface area contributed by atoms with Gasteiger partial charge in [-0.2, -0.15) is 0 Å². The fraction of sp³-hybridized carbons (Fsp3) is 0.579. The first kappa shape index (κ1) is 18.2. The van der Waals surface area contributed by atoms with Crippen LogP contribution in [-0.2, 0) is 20.5 Å². The summed E-state index contributed by atoms with van der Waals surface area (Å²) >= 11 is 0. The molecule has 0 fully saturated rings. The Balaban J connectivity index is 2.07. The van der Waals surface area contributed by atoms with Crippen molar-refractivity contribution in [2.24, 2.45) is 0 Å². The lowest BCUT2D eigenvalue weighted by atomic mass is 10.1. The van der Waals surface area contributed by atoms with E-state index in [2.05, 4.69) is 46.0 Å². The number of ether oxygens (including phenoxy) is 2. The van der Waals surface area contributed by atoms with Gasteiger partial charge in [-0.15, -0.1) is 0 Å². The molecule has 0 N–H and O–H groups in total. The minimum absolute atomic E-state index is 0.0153. The summed E-state index contributed by atoms with van der Waals surface area (Å²) in [4.78, 5) is 0. The van der Waals surface area contributed by atoms with Gasteiger partial charge in [0.2, 0.25) is 0 Å². The molecule has 1 aromatic rings. The summed E-state index contributed by atoms with van der Waals surface area (Å²) in [5, 5.41) is 0.173. The first-order valence-corrected chi connectivity index (χ1v) is 11.3. The first-order chi connectivity index (χ1) is 10.7. The fourth-order valence-corrected chi connectivity index (χ4v) is 3.57. The standard InChI is InChI=1S/C19H30O3Si/c1-15-18(21-14-16-10-8-7-9-11-16)17(12-13-20-15)22-23(5,6)19(2,3)4/h7-13,15,17-18H,14H2,1-6H3/t15-,17-,18-/m0/s1. The van der Waals surface area contributed by atoms with Crippen molar-refractivity contribution in [1.29, 1.82) is 0 Å². The Hall–Kier alpha value is -1.10. The second-order valence-electron chi connectivity index (χ2n) is 7.77. The molecule has 0 amide bonds. The van der Waals surface area contributed by atoms with Gasteiger partial charge in [0.15, 0.2) is 8.32 Å².